The molecule has 1 fully saturated rings. The quantitative estimate of drug-likeness (QED) is 0.833. The van der Waals surface area contributed by atoms with Crippen molar-refractivity contribution in [2.75, 3.05) is 18.5 Å². The van der Waals surface area contributed by atoms with E-state index in [1.54, 1.807) is 0 Å². The van der Waals surface area contributed by atoms with E-state index >= 15 is 0 Å². The summed E-state index contributed by atoms with van der Waals surface area (Å²) in [5.74, 6) is 0.0746. The summed E-state index contributed by atoms with van der Waals surface area (Å²) in [6.45, 7) is 5.97. The number of halogens is 1. The molecule has 1 aromatic carbocycles. The van der Waals surface area contributed by atoms with Gasteiger partial charge in [-0.2, -0.15) is 0 Å². The Morgan fingerprint density at radius 1 is 1.30 bits per heavy atom. The number of rotatable bonds is 6. The lowest BCUT2D eigenvalue weighted by atomic mass is 9.92. The SMILES string of the molecule is CC(C)OCc1ccc(NC(=O)C(N)C2CCOCC2)cc1.Cl. The Morgan fingerprint density at radius 2 is 1.91 bits per heavy atom. The van der Waals surface area contributed by atoms with Crippen LogP contribution in [0.4, 0.5) is 5.69 Å². The predicted octanol–water partition coefficient (Wildman–Crippen LogP) is 2.73. The fraction of sp³-hybridized carbons (Fsp3) is 0.588. The van der Waals surface area contributed by atoms with E-state index in [2.05, 4.69) is 5.32 Å². The molecule has 0 aliphatic carbocycles. The summed E-state index contributed by atoms with van der Waals surface area (Å²) in [7, 11) is 0. The van der Waals surface area contributed by atoms with Gasteiger partial charge in [0.05, 0.1) is 18.8 Å². The molecule has 1 saturated heterocycles. The van der Waals surface area contributed by atoms with Crippen molar-refractivity contribution in [3.8, 4) is 0 Å². The highest BCUT2D eigenvalue weighted by Crippen LogP contribution is 2.19. The van der Waals surface area contributed by atoms with Gasteiger partial charge < -0.3 is 20.5 Å². The van der Waals surface area contributed by atoms with Crippen LogP contribution in [0.2, 0.25) is 0 Å². The van der Waals surface area contributed by atoms with Gasteiger partial charge in [-0.25, -0.2) is 0 Å². The first-order valence-corrected chi connectivity index (χ1v) is 7.91. The van der Waals surface area contributed by atoms with Gasteiger partial charge in [-0.05, 0) is 50.3 Å². The normalized spacial score (nSPS) is 16.7. The molecule has 3 N–H and O–H groups in total. The highest BCUT2D eigenvalue weighted by Gasteiger charge is 2.26. The lowest BCUT2D eigenvalue weighted by Gasteiger charge is -2.26. The van der Waals surface area contributed by atoms with Crippen LogP contribution in [0.15, 0.2) is 24.3 Å². The van der Waals surface area contributed by atoms with Crippen LogP contribution in [0, 0.1) is 5.92 Å². The van der Waals surface area contributed by atoms with Gasteiger partial charge in [-0.1, -0.05) is 12.1 Å². The highest BCUT2D eigenvalue weighted by atomic mass is 35.5. The van der Waals surface area contributed by atoms with E-state index in [1.807, 2.05) is 38.1 Å². The van der Waals surface area contributed by atoms with Crippen LogP contribution >= 0.6 is 12.4 Å². The fourth-order valence-corrected chi connectivity index (χ4v) is 2.46. The van der Waals surface area contributed by atoms with Crippen molar-refractivity contribution in [1.29, 1.82) is 0 Å². The number of carbonyl (C=O) groups is 1. The molecule has 1 atom stereocenters. The zero-order valence-electron chi connectivity index (χ0n) is 13.8. The third-order valence-corrected chi connectivity index (χ3v) is 3.88. The first-order chi connectivity index (χ1) is 10.6. The van der Waals surface area contributed by atoms with Crippen molar-refractivity contribution in [1.82, 2.24) is 0 Å². The van der Waals surface area contributed by atoms with Gasteiger partial charge >= 0.3 is 0 Å². The maximum absolute atomic E-state index is 12.2. The van der Waals surface area contributed by atoms with Crippen molar-refractivity contribution in [2.45, 2.75) is 45.4 Å². The Morgan fingerprint density at radius 3 is 2.48 bits per heavy atom. The van der Waals surface area contributed by atoms with Crippen LogP contribution in [0.3, 0.4) is 0 Å². The molecule has 0 bridgehead atoms. The van der Waals surface area contributed by atoms with Crippen LogP contribution in [-0.2, 0) is 20.9 Å². The molecular formula is C17H27ClN2O3. The van der Waals surface area contributed by atoms with Crippen molar-refractivity contribution < 1.29 is 14.3 Å². The smallest absolute Gasteiger partial charge is 0.241 e. The van der Waals surface area contributed by atoms with Gasteiger partial charge in [0.15, 0.2) is 0 Å². The molecule has 0 spiro atoms. The zero-order chi connectivity index (χ0) is 15.9. The molecule has 1 unspecified atom stereocenters. The molecule has 1 aliphatic rings. The van der Waals surface area contributed by atoms with Crippen LogP contribution in [0.5, 0.6) is 0 Å². The number of amides is 1. The minimum Gasteiger partial charge on any atom is -0.381 e. The van der Waals surface area contributed by atoms with Gasteiger partial charge in [-0.3, -0.25) is 4.79 Å². The van der Waals surface area contributed by atoms with Gasteiger partial charge in [0.25, 0.3) is 0 Å². The standard InChI is InChI=1S/C17H26N2O3.ClH/c1-12(2)22-11-13-3-5-15(6-4-13)19-17(20)16(18)14-7-9-21-10-8-14;/h3-6,12,14,16H,7-11,18H2,1-2H3,(H,19,20);1H. The Balaban J connectivity index is 0.00000264. The van der Waals surface area contributed by atoms with Crippen LogP contribution in [-0.4, -0.2) is 31.3 Å². The van der Waals surface area contributed by atoms with E-state index in [1.165, 1.54) is 0 Å². The van der Waals surface area contributed by atoms with Gasteiger partial charge in [0.2, 0.25) is 5.91 Å². The van der Waals surface area contributed by atoms with E-state index in [-0.39, 0.29) is 30.3 Å². The van der Waals surface area contributed by atoms with Crippen molar-refractivity contribution >= 4 is 24.0 Å². The number of ether oxygens (including phenoxy) is 2. The zero-order valence-corrected chi connectivity index (χ0v) is 14.6. The molecule has 1 amide bonds. The van der Waals surface area contributed by atoms with E-state index in [0.717, 1.165) is 24.1 Å². The Kier molecular flexibility index (Phi) is 8.55. The molecule has 6 heteroatoms. The average Bonchev–Trinajstić information content (AvgIpc) is 2.54. The second-order valence-corrected chi connectivity index (χ2v) is 6.02. The average molecular weight is 343 g/mol. The Bertz CT molecular complexity index is 473. The Labute approximate surface area is 144 Å². The van der Waals surface area contributed by atoms with Gasteiger partial charge in [0.1, 0.15) is 0 Å². The topological polar surface area (TPSA) is 73.6 Å². The maximum atomic E-state index is 12.2. The molecule has 1 aromatic rings. The third kappa shape index (κ3) is 6.47. The number of nitrogens with two attached hydrogens (primary N) is 1. The first kappa shape index (κ1) is 19.9. The second kappa shape index (κ2) is 9.88. The molecule has 23 heavy (non-hydrogen) atoms. The lowest BCUT2D eigenvalue weighted by Crippen LogP contribution is -2.43. The molecule has 5 nitrogen and oxygen atoms in total. The number of benzene rings is 1. The maximum Gasteiger partial charge on any atom is 0.241 e. The van der Waals surface area contributed by atoms with E-state index in [4.69, 9.17) is 15.2 Å². The third-order valence-electron chi connectivity index (χ3n) is 3.88. The summed E-state index contributed by atoms with van der Waals surface area (Å²) >= 11 is 0. The molecule has 0 radical (unpaired) electrons. The monoisotopic (exact) mass is 342 g/mol. The van der Waals surface area contributed by atoms with Crippen LogP contribution in [0.1, 0.15) is 32.3 Å². The molecule has 0 aromatic heterocycles. The summed E-state index contributed by atoms with van der Waals surface area (Å²) in [5.41, 5.74) is 7.91. The van der Waals surface area contributed by atoms with Crippen LogP contribution < -0.4 is 11.1 Å². The van der Waals surface area contributed by atoms with Crippen LogP contribution in [0.25, 0.3) is 0 Å². The van der Waals surface area contributed by atoms with Crippen molar-refractivity contribution in [3.63, 3.8) is 0 Å². The number of hydrogen-bond donors (Lipinski definition) is 2. The van der Waals surface area contributed by atoms with Gasteiger partial charge in [0, 0.05) is 18.9 Å². The predicted molar refractivity (Wildman–Crippen MR) is 93.8 cm³/mol. The van der Waals surface area contributed by atoms with E-state index in [9.17, 15) is 4.79 Å². The number of carbonyl (C=O) groups excluding carboxylic acids is 1. The molecule has 130 valence electrons. The van der Waals surface area contributed by atoms with Crippen molar-refractivity contribution in [2.24, 2.45) is 11.7 Å². The summed E-state index contributed by atoms with van der Waals surface area (Å²) in [6, 6.07) is 7.20. The van der Waals surface area contributed by atoms with Gasteiger partial charge in [-0.15, -0.1) is 12.4 Å². The number of hydrogen-bond acceptors (Lipinski definition) is 4. The number of nitrogens with one attached hydrogen (secondary N) is 1. The minimum atomic E-state index is -0.479. The molecule has 0 saturated carbocycles. The Hall–Kier alpha value is -1.14. The summed E-state index contributed by atoms with van der Waals surface area (Å²) in [5, 5.41) is 2.89. The van der Waals surface area contributed by atoms with Crippen molar-refractivity contribution in [3.05, 3.63) is 29.8 Å². The lowest BCUT2D eigenvalue weighted by molar-refractivity contribution is -0.119. The molecule has 1 heterocycles. The first-order valence-electron chi connectivity index (χ1n) is 7.91. The molecule has 2 rings (SSSR count). The van der Waals surface area contributed by atoms with E-state index in [0.29, 0.717) is 19.8 Å². The largest absolute Gasteiger partial charge is 0.381 e. The van der Waals surface area contributed by atoms with E-state index < -0.39 is 6.04 Å². The fourth-order valence-electron chi connectivity index (χ4n) is 2.46. The summed E-state index contributed by atoms with van der Waals surface area (Å²) < 4.78 is 10.8. The number of anilines is 1. The summed E-state index contributed by atoms with van der Waals surface area (Å²) in [6.07, 6.45) is 1.90. The minimum absolute atomic E-state index is 0. The second-order valence-electron chi connectivity index (χ2n) is 6.02. The summed E-state index contributed by atoms with van der Waals surface area (Å²) in [4.78, 5) is 12.2. The highest BCUT2D eigenvalue weighted by molar-refractivity contribution is 5.94. The molecule has 1 aliphatic heterocycles. The molecular weight excluding hydrogens is 316 g/mol.